The smallest absolute Gasteiger partial charge is 0.307 e. The number of carbonyl (C=O) groups is 2. The van der Waals surface area contributed by atoms with Crippen molar-refractivity contribution < 1.29 is 14.7 Å². The minimum Gasteiger partial charge on any atom is -0.481 e. The number of carbonyl (C=O) groups excluding carboxylic acids is 1. The zero-order valence-electron chi connectivity index (χ0n) is 10.3. The van der Waals surface area contributed by atoms with Crippen molar-refractivity contribution in [1.82, 2.24) is 4.90 Å². The van der Waals surface area contributed by atoms with E-state index in [1.54, 1.807) is 11.9 Å². The third-order valence-electron chi connectivity index (χ3n) is 3.72. The summed E-state index contributed by atoms with van der Waals surface area (Å²) in [6.07, 6.45) is 2.35. The molecule has 1 N–H and O–H groups in total. The Kier molecular flexibility index (Phi) is 4.33. The number of amides is 1. The van der Waals surface area contributed by atoms with Crippen LogP contribution in [-0.4, -0.2) is 35.5 Å². The molecule has 1 aliphatic rings. The van der Waals surface area contributed by atoms with Crippen LogP contribution in [0.25, 0.3) is 0 Å². The standard InChI is InChI=1S/C12H21NO3/c1-4-8-6-9(10(7-8)12(15)16)11(14)13(3)5-2/h8-10H,4-7H2,1-3H3,(H,15,16)/t8?,9-,10+/m0/s1. The molecule has 0 radical (unpaired) electrons. The normalized spacial score (nSPS) is 29.1. The fourth-order valence-electron chi connectivity index (χ4n) is 2.46. The van der Waals surface area contributed by atoms with E-state index >= 15 is 0 Å². The summed E-state index contributed by atoms with van der Waals surface area (Å²) in [7, 11) is 1.74. The third kappa shape index (κ3) is 2.54. The average Bonchev–Trinajstić information content (AvgIpc) is 2.71. The second-order valence-electron chi connectivity index (χ2n) is 4.65. The molecular weight excluding hydrogens is 206 g/mol. The lowest BCUT2D eigenvalue weighted by Gasteiger charge is -2.21. The Hall–Kier alpha value is -1.06. The summed E-state index contributed by atoms with van der Waals surface area (Å²) in [4.78, 5) is 24.8. The van der Waals surface area contributed by atoms with Gasteiger partial charge in [-0.25, -0.2) is 0 Å². The molecule has 4 nitrogen and oxygen atoms in total. The molecule has 0 aromatic heterocycles. The molecule has 0 bridgehead atoms. The molecule has 1 amide bonds. The van der Waals surface area contributed by atoms with Gasteiger partial charge in [-0.3, -0.25) is 9.59 Å². The predicted octanol–water partition coefficient (Wildman–Crippen LogP) is 1.60. The molecule has 1 saturated carbocycles. The first-order valence-corrected chi connectivity index (χ1v) is 5.99. The fourth-order valence-corrected chi connectivity index (χ4v) is 2.46. The molecule has 92 valence electrons. The highest BCUT2D eigenvalue weighted by Crippen LogP contribution is 2.39. The molecule has 1 rings (SSSR count). The van der Waals surface area contributed by atoms with Crippen molar-refractivity contribution in [2.45, 2.75) is 33.1 Å². The van der Waals surface area contributed by atoms with Gasteiger partial charge in [0, 0.05) is 13.6 Å². The number of hydrogen-bond acceptors (Lipinski definition) is 2. The first-order valence-electron chi connectivity index (χ1n) is 5.99. The van der Waals surface area contributed by atoms with Crippen LogP contribution in [0.3, 0.4) is 0 Å². The third-order valence-corrected chi connectivity index (χ3v) is 3.72. The Morgan fingerprint density at radius 3 is 2.25 bits per heavy atom. The van der Waals surface area contributed by atoms with Crippen LogP contribution in [0.15, 0.2) is 0 Å². The highest BCUT2D eigenvalue weighted by atomic mass is 16.4. The zero-order valence-corrected chi connectivity index (χ0v) is 10.3. The van der Waals surface area contributed by atoms with Crippen LogP contribution in [0.1, 0.15) is 33.1 Å². The molecule has 4 heteroatoms. The van der Waals surface area contributed by atoms with Crippen molar-refractivity contribution >= 4 is 11.9 Å². The van der Waals surface area contributed by atoms with Gasteiger partial charge in [0.05, 0.1) is 11.8 Å². The van der Waals surface area contributed by atoms with Crippen LogP contribution in [-0.2, 0) is 9.59 Å². The molecular formula is C12H21NO3. The Bertz CT molecular complexity index is 277. The van der Waals surface area contributed by atoms with E-state index in [9.17, 15) is 9.59 Å². The van der Waals surface area contributed by atoms with E-state index in [0.717, 1.165) is 12.8 Å². The molecule has 0 spiro atoms. The SMILES string of the molecule is CCC1C[C@H](C(=O)N(C)CC)[C@H](C(=O)O)C1. The van der Waals surface area contributed by atoms with Gasteiger partial charge in [0.1, 0.15) is 0 Å². The van der Waals surface area contributed by atoms with Gasteiger partial charge in [-0.15, -0.1) is 0 Å². The van der Waals surface area contributed by atoms with Crippen LogP contribution in [0, 0.1) is 17.8 Å². The molecule has 0 aromatic rings. The summed E-state index contributed by atoms with van der Waals surface area (Å²) in [5.41, 5.74) is 0. The first kappa shape index (κ1) is 13.0. The van der Waals surface area contributed by atoms with Gasteiger partial charge in [0.2, 0.25) is 5.91 Å². The Morgan fingerprint density at radius 1 is 1.25 bits per heavy atom. The molecule has 0 heterocycles. The largest absolute Gasteiger partial charge is 0.481 e. The van der Waals surface area contributed by atoms with Crippen LogP contribution in [0.5, 0.6) is 0 Å². The van der Waals surface area contributed by atoms with Crippen LogP contribution >= 0.6 is 0 Å². The van der Waals surface area contributed by atoms with Gasteiger partial charge < -0.3 is 10.0 Å². The van der Waals surface area contributed by atoms with Crippen LogP contribution in [0.4, 0.5) is 0 Å². The summed E-state index contributed by atoms with van der Waals surface area (Å²) >= 11 is 0. The van der Waals surface area contributed by atoms with Crippen molar-refractivity contribution in [3.8, 4) is 0 Å². The van der Waals surface area contributed by atoms with E-state index in [1.165, 1.54) is 0 Å². The molecule has 0 aromatic carbocycles. The summed E-state index contributed by atoms with van der Waals surface area (Å²) in [5, 5.41) is 9.13. The number of hydrogen-bond donors (Lipinski definition) is 1. The van der Waals surface area contributed by atoms with Gasteiger partial charge in [-0.1, -0.05) is 13.3 Å². The van der Waals surface area contributed by atoms with Gasteiger partial charge >= 0.3 is 5.97 Å². The predicted molar refractivity (Wildman–Crippen MR) is 60.9 cm³/mol. The molecule has 16 heavy (non-hydrogen) atoms. The Balaban J connectivity index is 2.76. The molecule has 0 saturated heterocycles. The van der Waals surface area contributed by atoms with Gasteiger partial charge in [0.15, 0.2) is 0 Å². The van der Waals surface area contributed by atoms with Crippen molar-refractivity contribution in [1.29, 1.82) is 0 Å². The summed E-state index contributed by atoms with van der Waals surface area (Å²) in [6.45, 7) is 4.60. The lowest BCUT2D eigenvalue weighted by atomic mass is 9.95. The van der Waals surface area contributed by atoms with Crippen molar-refractivity contribution in [3.05, 3.63) is 0 Å². The van der Waals surface area contributed by atoms with E-state index in [0.29, 0.717) is 18.9 Å². The number of carboxylic acids is 1. The number of nitrogens with zero attached hydrogens (tertiary/aromatic N) is 1. The van der Waals surface area contributed by atoms with E-state index < -0.39 is 11.9 Å². The van der Waals surface area contributed by atoms with E-state index in [2.05, 4.69) is 6.92 Å². The number of aliphatic carboxylic acids is 1. The number of carboxylic acid groups (broad SMARTS) is 1. The van der Waals surface area contributed by atoms with Gasteiger partial charge in [-0.05, 0) is 25.7 Å². The minimum absolute atomic E-state index is 0.00847. The topological polar surface area (TPSA) is 57.6 Å². The van der Waals surface area contributed by atoms with Gasteiger partial charge in [0.25, 0.3) is 0 Å². The monoisotopic (exact) mass is 227 g/mol. The number of rotatable bonds is 4. The minimum atomic E-state index is -0.821. The van der Waals surface area contributed by atoms with E-state index in [-0.39, 0.29) is 11.8 Å². The lowest BCUT2D eigenvalue weighted by Crippen LogP contribution is -2.36. The molecule has 0 aliphatic heterocycles. The summed E-state index contributed by atoms with van der Waals surface area (Å²) < 4.78 is 0. The molecule has 1 aliphatic carbocycles. The summed E-state index contributed by atoms with van der Waals surface area (Å²) in [5.74, 6) is -1.23. The van der Waals surface area contributed by atoms with Crippen molar-refractivity contribution in [3.63, 3.8) is 0 Å². The Labute approximate surface area is 96.6 Å². The fraction of sp³-hybridized carbons (Fsp3) is 0.833. The molecule has 1 fully saturated rings. The molecule has 1 unspecified atom stereocenters. The highest BCUT2D eigenvalue weighted by Gasteiger charge is 2.42. The van der Waals surface area contributed by atoms with Crippen molar-refractivity contribution in [2.75, 3.05) is 13.6 Å². The summed E-state index contributed by atoms with van der Waals surface area (Å²) in [6, 6.07) is 0. The maximum Gasteiger partial charge on any atom is 0.307 e. The van der Waals surface area contributed by atoms with E-state index in [1.807, 2.05) is 6.92 Å². The maximum absolute atomic E-state index is 12.0. The van der Waals surface area contributed by atoms with Crippen LogP contribution in [0.2, 0.25) is 0 Å². The lowest BCUT2D eigenvalue weighted by molar-refractivity contribution is -0.148. The zero-order chi connectivity index (χ0) is 12.3. The second kappa shape index (κ2) is 5.32. The second-order valence-corrected chi connectivity index (χ2v) is 4.65. The molecule has 3 atom stereocenters. The van der Waals surface area contributed by atoms with Crippen LogP contribution < -0.4 is 0 Å². The average molecular weight is 227 g/mol. The maximum atomic E-state index is 12.0. The van der Waals surface area contributed by atoms with E-state index in [4.69, 9.17) is 5.11 Å². The Morgan fingerprint density at radius 2 is 1.81 bits per heavy atom. The highest BCUT2D eigenvalue weighted by molar-refractivity contribution is 5.85. The van der Waals surface area contributed by atoms with Crippen molar-refractivity contribution in [2.24, 2.45) is 17.8 Å². The first-order chi connectivity index (χ1) is 7.51. The van der Waals surface area contributed by atoms with Gasteiger partial charge in [-0.2, -0.15) is 0 Å². The quantitative estimate of drug-likeness (QED) is 0.793.